The van der Waals surface area contributed by atoms with Crippen LogP contribution in [0.4, 0.5) is 0 Å². The van der Waals surface area contributed by atoms with Gasteiger partial charge in [-0.2, -0.15) is 0 Å². The third-order valence-electron chi connectivity index (χ3n) is 2.99. The first-order chi connectivity index (χ1) is 9.38. The minimum absolute atomic E-state index is 0.108. The highest BCUT2D eigenvalue weighted by Gasteiger charge is 2.15. The summed E-state index contributed by atoms with van der Waals surface area (Å²) >= 11 is 0. The molecule has 19 heavy (non-hydrogen) atoms. The van der Waals surface area contributed by atoms with Crippen LogP contribution in [0.5, 0.6) is 0 Å². The van der Waals surface area contributed by atoms with Crippen LogP contribution in [0.1, 0.15) is 30.4 Å². The van der Waals surface area contributed by atoms with E-state index in [0.717, 1.165) is 30.6 Å². The Morgan fingerprint density at radius 1 is 1.42 bits per heavy atom. The summed E-state index contributed by atoms with van der Waals surface area (Å²) in [7, 11) is 0. The number of hydrogen-bond donors (Lipinski definition) is 1. The molecule has 3 heteroatoms. The zero-order chi connectivity index (χ0) is 13.3. The van der Waals surface area contributed by atoms with Crippen LogP contribution in [0.2, 0.25) is 0 Å². The summed E-state index contributed by atoms with van der Waals surface area (Å²) in [5.41, 5.74) is 2.08. The Morgan fingerprint density at radius 3 is 3.16 bits per heavy atom. The molecule has 1 aliphatic rings. The monoisotopic (exact) mass is 260 g/mol. The summed E-state index contributed by atoms with van der Waals surface area (Å²) < 4.78 is 11.2. The van der Waals surface area contributed by atoms with Crippen molar-refractivity contribution in [3.63, 3.8) is 0 Å². The largest absolute Gasteiger partial charge is 0.395 e. The molecule has 3 nitrogen and oxygen atoms in total. The molecule has 1 heterocycles. The van der Waals surface area contributed by atoms with Crippen molar-refractivity contribution >= 4 is 0 Å². The van der Waals surface area contributed by atoms with Gasteiger partial charge in [0.2, 0.25) is 0 Å². The van der Waals surface area contributed by atoms with E-state index in [-0.39, 0.29) is 12.7 Å². The van der Waals surface area contributed by atoms with Gasteiger partial charge in [-0.1, -0.05) is 24.0 Å². The second kappa shape index (κ2) is 7.96. The van der Waals surface area contributed by atoms with E-state index in [2.05, 4.69) is 11.8 Å². The van der Waals surface area contributed by atoms with Crippen molar-refractivity contribution in [2.45, 2.75) is 32.0 Å². The lowest BCUT2D eigenvalue weighted by Gasteiger charge is -2.10. The fourth-order valence-electron chi connectivity index (χ4n) is 2.04. The molecule has 0 spiro atoms. The van der Waals surface area contributed by atoms with Gasteiger partial charge >= 0.3 is 0 Å². The summed E-state index contributed by atoms with van der Waals surface area (Å²) in [5, 5.41) is 8.68. The molecule has 0 aromatic heterocycles. The van der Waals surface area contributed by atoms with Crippen LogP contribution in [-0.4, -0.2) is 31.0 Å². The van der Waals surface area contributed by atoms with E-state index in [9.17, 15) is 0 Å². The van der Waals surface area contributed by atoms with Crippen molar-refractivity contribution in [2.24, 2.45) is 0 Å². The third kappa shape index (κ3) is 5.04. The van der Waals surface area contributed by atoms with E-state index >= 15 is 0 Å². The maximum absolute atomic E-state index is 8.68. The average Bonchev–Trinajstić information content (AvgIpc) is 2.93. The highest BCUT2D eigenvalue weighted by molar-refractivity contribution is 5.36. The zero-order valence-electron chi connectivity index (χ0n) is 11.1. The summed E-state index contributed by atoms with van der Waals surface area (Å²) in [5.74, 6) is 5.95. The van der Waals surface area contributed by atoms with Gasteiger partial charge in [0.1, 0.15) is 0 Å². The number of benzene rings is 1. The lowest BCUT2D eigenvalue weighted by molar-refractivity contribution is 0.0106. The first kappa shape index (κ1) is 14.1. The number of aliphatic hydroxyl groups is 1. The molecule has 0 aliphatic carbocycles. The molecule has 0 saturated carbocycles. The second-order valence-corrected chi connectivity index (χ2v) is 4.63. The number of aliphatic hydroxyl groups excluding tert-OH is 1. The average molecular weight is 260 g/mol. The summed E-state index contributed by atoms with van der Waals surface area (Å²) in [6.45, 7) is 2.23. The summed E-state index contributed by atoms with van der Waals surface area (Å²) in [6.07, 6.45) is 3.03. The molecular formula is C16H20O3. The normalized spacial score (nSPS) is 18.1. The minimum Gasteiger partial charge on any atom is -0.395 e. The Balaban J connectivity index is 1.79. The Hall–Kier alpha value is -1.34. The van der Waals surface area contributed by atoms with Crippen LogP contribution >= 0.6 is 0 Å². The predicted octanol–water partition coefficient (Wildman–Crippen LogP) is 2.12. The van der Waals surface area contributed by atoms with Crippen LogP contribution in [-0.2, 0) is 16.1 Å². The standard InChI is InChI=1S/C16H20O3/c17-9-2-1-5-14-6-3-7-15(11-14)12-18-13-16-8-4-10-19-16/h3,6-7,11,16-17H,2,4,8-10,12-13H2. The molecule has 102 valence electrons. The Kier molecular flexibility index (Phi) is 5.90. The first-order valence-electron chi connectivity index (χ1n) is 6.76. The topological polar surface area (TPSA) is 38.7 Å². The second-order valence-electron chi connectivity index (χ2n) is 4.63. The van der Waals surface area contributed by atoms with Crippen molar-refractivity contribution < 1.29 is 14.6 Å². The Morgan fingerprint density at radius 2 is 2.37 bits per heavy atom. The number of rotatable bonds is 5. The van der Waals surface area contributed by atoms with Gasteiger partial charge in [0.15, 0.2) is 0 Å². The molecule has 2 rings (SSSR count). The van der Waals surface area contributed by atoms with Crippen molar-refractivity contribution in [1.29, 1.82) is 0 Å². The van der Waals surface area contributed by atoms with Crippen molar-refractivity contribution in [3.05, 3.63) is 35.4 Å². The first-order valence-corrected chi connectivity index (χ1v) is 6.76. The SMILES string of the molecule is OCCC#Cc1cccc(COCC2CCCO2)c1. The molecule has 0 radical (unpaired) electrons. The van der Waals surface area contributed by atoms with Crippen molar-refractivity contribution in [2.75, 3.05) is 19.8 Å². The molecule has 1 fully saturated rings. The van der Waals surface area contributed by atoms with Gasteiger partial charge in [-0.05, 0) is 30.5 Å². The molecule has 1 aliphatic heterocycles. The van der Waals surface area contributed by atoms with Crippen LogP contribution in [0.15, 0.2) is 24.3 Å². The number of hydrogen-bond acceptors (Lipinski definition) is 3. The molecule has 1 aromatic carbocycles. The zero-order valence-corrected chi connectivity index (χ0v) is 11.1. The van der Waals surface area contributed by atoms with Crippen LogP contribution in [0, 0.1) is 11.8 Å². The van der Waals surface area contributed by atoms with Crippen LogP contribution in [0.25, 0.3) is 0 Å². The van der Waals surface area contributed by atoms with Crippen molar-refractivity contribution in [1.82, 2.24) is 0 Å². The van der Waals surface area contributed by atoms with E-state index in [4.69, 9.17) is 14.6 Å². The molecule has 1 aromatic rings. The number of ether oxygens (including phenoxy) is 2. The van der Waals surface area contributed by atoms with E-state index in [1.165, 1.54) is 0 Å². The fraction of sp³-hybridized carbons (Fsp3) is 0.500. The van der Waals surface area contributed by atoms with Gasteiger partial charge in [0.25, 0.3) is 0 Å². The summed E-state index contributed by atoms with van der Waals surface area (Å²) in [6, 6.07) is 8.01. The van der Waals surface area contributed by atoms with Gasteiger partial charge in [0, 0.05) is 18.6 Å². The highest BCUT2D eigenvalue weighted by Crippen LogP contribution is 2.13. The Bertz CT molecular complexity index is 439. The van der Waals surface area contributed by atoms with E-state index < -0.39 is 0 Å². The van der Waals surface area contributed by atoms with Crippen molar-refractivity contribution in [3.8, 4) is 11.8 Å². The van der Waals surface area contributed by atoms with Gasteiger partial charge in [-0.25, -0.2) is 0 Å². The quantitative estimate of drug-likeness (QED) is 0.824. The van der Waals surface area contributed by atoms with Gasteiger partial charge in [-0.3, -0.25) is 0 Å². The molecular weight excluding hydrogens is 240 g/mol. The fourth-order valence-corrected chi connectivity index (χ4v) is 2.04. The van der Waals surface area contributed by atoms with Crippen LogP contribution < -0.4 is 0 Å². The maximum Gasteiger partial charge on any atom is 0.0809 e. The van der Waals surface area contributed by atoms with Crippen LogP contribution in [0.3, 0.4) is 0 Å². The third-order valence-corrected chi connectivity index (χ3v) is 2.99. The highest BCUT2D eigenvalue weighted by atomic mass is 16.5. The molecule has 0 amide bonds. The van der Waals surface area contributed by atoms with E-state index in [1.807, 2.05) is 24.3 Å². The summed E-state index contributed by atoms with van der Waals surface area (Å²) in [4.78, 5) is 0. The minimum atomic E-state index is 0.108. The Labute approximate surface area is 114 Å². The molecule has 0 bridgehead atoms. The van der Waals surface area contributed by atoms with E-state index in [0.29, 0.717) is 19.6 Å². The van der Waals surface area contributed by atoms with Gasteiger partial charge in [-0.15, -0.1) is 0 Å². The van der Waals surface area contributed by atoms with Gasteiger partial charge in [0.05, 0.1) is 25.9 Å². The lowest BCUT2D eigenvalue weighted by Crippen LogP contribution is -2.13. The molecule has 1 N–H and O–H groups in total. The predicted molar refractivity (Wildman–Crippen MR) is 73.7 cm³/mol. The smallest absolute Gasteiger partial charge is 0.0809 e. The van der Waals surface area contributed by atoms with Gasteiger partial charge < -0.3 is 14.6 Å². The molecule has 1 atom stereocenters. The molecule has 1 unspecified atom stereocenters. The molecule has 1 saturated heterocycles. The lowest BCUT2D eigenvalue weighted by atomic mass is 10.1. The maximum atomic E-state index is 8.68. The van der Waals surface area contributed by atoms with E-state index in [1.54, 1.807) is 0 Å².